The summed E-state index contributed by atoms with van der Waals surface area (Å²) in [6.45, 7) is 6.70. The third-order valence-corrected chi connectivity index (χ3v) is 5.87. The Morgan fingerprint density at radius 3 is 2.53 bits per heavy atom. The average Bonchev–Trinajstić information content (AvgIpc) is 3.21. The van der Waals surface area contributed by atoms with E-state index in [4.69, 9.17) is 4.52 Å². The van der Waals surface area contributed by atoms with Gasteiger partial charge in [0.1, 0.15) is 17.3 Å². The van der Waals surface area contributed by atoms with Gasteiger partial charge in [0, 0.05) is 43.2 Å². The third-order valence-electron chi connectivity index (χ3n) is 5.87. The molecule has 32 heavy (non-hydrogen) atoms. The van der Waals surface area contributed by atoms with Crippen molar-refractivity contribution in [3.63, 3.8) is 0 Å². The summed E-state index contributed by atoms with van der Waals surface area (Å²) in [5.41, 5.74) is 4.53. The van der Waals surface area contributed by atoms with Crippen LogP contribution in [0, 0.1) is 13.8 Å². The van der Waals surface area contributed by atoms with Gasteiger partial charge in [-0.3, -0.25) is 4.79 Å². The number of anilines is 1. The lowest BCUT2D eigenvalue weighted by Gasteiger charge is -2.35. The molecule has 1 fully saturated rings. The van der Waals surface area contributed by atoms with Crippen molar-refractivity contribution in [1.82, 2.24) is 20.0 Å². The van der Waals surface area contributed by atoms with E-state index in [2.05, 4.69) is 32.2 Å². The number of hydrogen-bond donors (Lipinski definition) is 0. The number of hydrogen-bond acceptors (Lipinski definition) is 6. The second kappa shape index (κ2) is 8.42. The Kier molecular flexibility index (Phi) is 5.31. The average molecular weight is 428 g/mol. The molecule has 0 spiro atoms. The molecule has 2 aromatic heterocycles. The lowest BCUT2D eigenvalue weighted by atomic mass is 10.1. The smallest absolute Gasteiger partial charge is 0.228 e. The number of aromatic nitrogens is 3. The Bertz CT molecular complexity index is 1260. The molecule has 1 amide bonds. The molecule has 4 aromatic rings. The molecular weight excluding hydrogens is 402 g/mol. The van der Waals surface area contributed by atoms with Gasteiger partial charge in [-0.15, -0.1) is 0 Å². The predicted octanol–water partition coefficient (Wildman–Crippen LogP) is 3.79. The number of nitrogens with zero attached hydrogens (tertiary/aromatic N) is 5. The summed E-state index contributed by atoms with van der Waals surface area (Å²) >= 11 is 0. The van der Waals surface area contributed by atoms with Crippen LogP contribution in [0.15, 0.2) is 59.1 Å². The molecule has 0 atom stereocenters. The number of aryl methyl sites for hydroxylation is 2. The van der Waals surface area contributed by atoms with Gasteiger partial charge < -0.3 is 14.3 Å². The summed E-state index contributed by atoms with van der Waals surface area (Å²) in [5, 5.41) is 5.05. The molecule has 0 unspecified atom stereocenters. The van der Waals surface area contributed by atoms with Crippen molar-refractivity contribution < 1.29 is 9.32 Å². The highest BCUT2D eigenvalue weighted by atomic mass is 16.5. The number of benzene rings is 2. The van der Waals surface area contributed by atoms with E-state index in [1.54, 1.807) is 0 Å². The Morgan fingerprint density at radius 2 is 1.75 bits per heavy atom. The normalized spacial score (nSPS) is 14.2. The van der Waals surface area contributed by atoms with Crippen molar-refractivity contribution in [2.75, 3.05) is 31.1 Å². The molecule has 0 radical (unpaired) electrons. The monoisotopic (exact) mass is 427 g/mol. The largest absolute Gasteiger partial charge is 0.356 e. The zero-order valence-electron chi connectivity index (χ0n) is 18.3. The number of carbonyl (C=O) groups excluding carboxylic acids is 1. The molecule has 1 aliphatic heterocycles. The van der Waals surface area contributed by atoms with Crippen molar-refractivity contribution in [2.24, 2.45) is 0 Å². The Labute approximate surface area is 186 Å². The van der Waals surface area contributed by atoms with Gasteiger partial charge in [-0.25, -0.2) is 9.97 Å². The van der Waals surface area contributed by atoms with Gasteiger partial charge in [-0.05, 0) is 26.0 Å². The molecule has 0 saturated carbocycles. The highest BCUT2D eigenvalue weighted by Crippen LogP contribution is 2.24. The van der Waals surface area contributed by atoms with E-state index in [1.807, 2.05) is 61.2 Å². The van der Waals surface area contributed by atoms with Gasteiger partial charge in [-0.2, -0.15) is 0 Å². The van der Waals surface area contributed by atoms with E-state index < -0.39 is 0 Å². The second-order valence-electron chi connectivity index (χ2n) is 8.20. The van der Waals surface area contributed by atoms with Crippen LogP contribution in [-0.4, -0.2) is 52.1 Å². The highest BCUT2D eigenvalue weighted by Gasteiger charge is 2.24. The fourth-order valence-electron chi connectivity index (χ4n) is 4.14. The van der Waals surface area contributed by atoms with Crippen LogP contribution < -0.4 is 4.90 Å². The van der Waals surface area contributed by atoms with Crippen LogP contribution in [-0.2, 0) is 11.2 Å². The van der Waals surface area contributed by atoms with Gasteiger partial charge in [0.05, 0.1) is 12.1 Å². The summed E-state index contributed by atoms with van der Waals surface area (Å²) in [6.07, 6.45) is 0.251. The first-order valence-electron chi connectivity index (χ1n) is 10.9. The lowest BCUT2D eigenvalue weighted by molar-refractivity contribution is -0.130. The first-order valence-corrected chi connectivity index (χ1v) is 10.9. The number of carbonyl (C=O) groups is 1. The molecule has 0 bridgehead atoms. The van der Waals surface area contributed by atoms with E-state index in [9.17, 15) is 4.79 Å². The van der Waals surface area contributed by atoms with Crippen LogP contribution in [0.1, 0.15) is 17.1 Å². The van der Waals surface area contributed by atoms with E-state index >= 15 is 0 Å². The minimum absolute atomic E-state index is 0.0743. The molecule has 5 rings (SSSR count). The fourth-order valence-corrected chi connectivity index (χ4v) is 4.14. The van der Waals surface area contributed by atoms with Crippen LogP contribution in [0.2, 0.25) is 0 Å². The van der Waals surface area contributed by atoms with E-state index in [0.29, 0.717) is 18.8 Å². The lowest BCUT2D eigenvalue weighted by Crippen LogP contribution is -2.49. The molecular formula is C25H25N5O2. The minimum Gasteiger partial charge on any atom is -0.356 e. The van der Waals surface area contributed by atoms with Crippen molar-refractivity contribution in [2.45, 2.75) is 20.3 Å². The zero-order valence-corrected chi connectivity index (χ0v) is 18.3. The Balaban J connectivity index is 1.26. The highest BCUT2D eigenvalue weighted by molar-refractivity contribution is 5.86. The van der Waals surface area contributed by atoms with E-state index in [1.165, 1.54) is 0 Å². The molecule has 7 nitrogen and oxygen atoms in total. The molecule has 0 aliphatic carbocycles. The maximum atomic E-state index is 12.9. The number of rotatable bonds is 4. The van der Waals surface area contributed by atoms with E-state index in [0.717, 1.165) is 52.5 Å². The Morgan fingerprint density at radius 1 is 0.969 bits per heavy atom. The fraction of sp³-hybridized carbons (Fsp3) is 0.280. The molecule has 2 aromatic carbocycles. The number of amides is 1. The molecule has 7 heteroatoms. The van der Waals surface area contributed by atoms with Gasteiger partial charge in [-0.1, -0.05) is 47.1 Å². The standard InChI is InChI=1S/C25H25N5O2/c1-17-8-9-23-20(14-17)22(28-32-23)16-25(31)30-12-10-29(11-13-30)24-15-21(26-18(2)27-24)19-6-4-3-5-7-19/h3-9,14-15H,10-13,16H2,1-2H3. The zero-order chi connectivity index (χ0) is 22.1. The maximum Gasteiger partial charge on any atom is 0.228 e. The Hall–Kier alpha value is -3.74. The first kappa shape index (κ1) is 20.2. The first-order chi connectivity index (χ1) is 15.6. The number of fused-ring (bicyclic) bond motifs is 1. The summed E-state index contributed by atoms with van der Waals surface area (Å²) in [4.78, 5) is 26.3. The van der Waals surface area contributed by atoms with Crippen molar-refractivity contribution in [1.29, 1.82) is 0 Å². The number of piperazine rings is 1. The molecule has 3 heterocycles. The minimum atomic E-state index is 0.0743. The van der Waals surface area contributed by atoms with Crippen LogP contribution >= 0.6 is 0 Å². The van der Waals surface area contributed by atoms with Gasteiger partial charge >= 0.3 is 0 Å². The van der Waals surface area contributed by atoms with Crippen molar-refractivity contribution in [3.05, 3.63) is 71.7 Å². The third kappa shape index (κ3) is 4.06. The molecule has 1 aliphatic rings. The molecule has 1 saturated heterocycles. The van der Waals surface area contributed by atoms with Gasteiger partial charge in [0.2, 0.25) is 5.91 Å². The quantitative estimate of drug-likeness (QED) is 0.493. The summed E-state index contributed by atoms with van der Waals surface area (Å²) < 4.78 is 5.38. The maximum absolute atomic E-state index is 12.9. The van der Waals surface area contributed by atoms with Crippen LogP contribution in [0.3, 0.4) is 0 Å². The van der Waals surface area contributed by atoms with E-state index in [-0.39, 0.29) is 12.3 Å². The van der Waals surface area contributed by atoms with Gasteiger partial charge in [0.15, 0.2) is 5.58 Å². The van der Waals surface area contributed by atoms with Crippen LogP contribution in [0.5, 0.6) is 0 Å². The van der Waals surface area contributed by atoms with Crippen LogP contribution in [0.4, 0.5) is 5.82 Å². The summed E-state index contributed by atoms with van der Waals surface area (Å²) in [5.74, 6) is 1.72. The van der Waals surface area contributed by atoms with Gasteiger partial charge in [0.25, 0.3) is 0 Å². The SMILES string of the molecule is Cc1ccc2onc(CC(=O)N3CCN(c4cc(-c5ccccc5)nc(C)n4)CC3)c2c1. The van der Waals surface area contributed by atoms with Crippen molar-refractivity contribution in [3.8, 4) is 11.3 Å². The van der Waals surface area contributed by atoms with Crippen LogP contribution in [0.25, 0.3) is 22.2 Å². The molecule has 0 N–H and O–H groups in total. The van der Waals surface area contributed by atoms with Crippen molar-refractivity contribution >= 4 is 22.7 Å². The molecule has 162 valence electrons. The second-order valence-corrected chi connectivity index (χ2v) is 8.20. The predicted molar refractivity (Wildman–Crippen MR) is 123 cm³/mol. The topological polar surface area (TPSA) is 75.4 Å². The summed E-state index contributed by atoms with van der Waals surface area (Å²) in [6, 6.07) is 18.1. The summed E-state index contributed by atoms with van der Waals surface area (Å²) in [7, 11) is 0.